The highest BCUT2D eigenvalue weighted by molar-refractivity contribution is 5.77. The molecule has 6 heteroatoms. The maximum absolute atomic E-state index is 12.0. The molecule has 6 nitrogen and oxygen atoms in total. The summed E-state index contributed by atoms with van der Waals surface area (Å²) in [5, 5.41) is 3.07. The lowest BCUT2D eigenvalue weighted by Gasteiger charge is -2.40. The van der Waals surface area contributed by atoms with Gasteiger partial charge in [-0.05, 0) is 63.2 Å². The molecule has 2 fully saturated rings. The van der Waals surface area contributed by atoms with Crippen LogP contribution >= 0.6 is 0 Å². The third kappa shape index (κ3) is 5.96. The molecule has 0 heterocycles. The van der Waals surface area contributed by atoms with Gasteiger partial charge < -0.3 is 19.7 Å². The molecule has 0 aliphatic heterocycles. The topological polar surface area (TPSA) is 67.9 Å². The molecule has 25 heavy (non-hydrogen) atoms. The fourth-order valence-corrected chi connectivity index (χ4v) is 4.52. The van der Waals surface area contributed by atoms with Gasteiger partial charge in [0, 0.05) is 33.4 Å². The summed E-state index contributed by atoms with van der Waals surface area (Å²) in [5.74, 6) is 1.63. The second-order valence-corrected chi connectivity index (χ2v) is 7.62. The predicted octanol–water partition coefficient (Wildman–Crippen LogP) is 1.97. The van der Waals surface area contributed by atoms with Crippen LogP contribution in [0.4, 0.5) is 0 Å². The smallest absolute Gasteiger partial charge is 0.248 e. The second-order valence-electron chi connectivity index (χ2n) is 7.62. The standard InChI is InChI=1S/C19H34N2O4/c1-21(19(23)13-25-3)17-10-6-15(7-11-17)14-4-8-16(9-5-14)20-18(22)12-24-2/h14-17H,4-13H2,1-3H3,(H,20,22). The van der Waals surface area contributed by atoms with Gasteiger partial charge >= 0.3 is 0 Å². The van der Waals surface area contributed by atoms with Gasteiger partial charge in [0.2, 0.25) is 11.8 Å². The van der Waals surface area contributed by atoms with E-state index in [0.29, 0.717) is 12.1 Å². The van der Waals surface area contributed by atoms with Crippen LogP contribution in [0, 0.1) is 11.8 Å². The lowest BCUT2D eigenvalue weighted by molar-refractivity contribution is -0.136. The van der Waals surface area contributed by atoms with E-state index in [4.69, 9.17) is 9.47 Å². The first-order chi connectivity index (χ1) is 12.0. The van der Waals surface area contributed by atoms with Crippen molar-refractivity contribution in [2.45, 2.75) is 63.5 Å². The van der Waals surface area contributed by atoms with Crippen LogP contribution in [0.3, 0.4) is 0 Å². The maximum atomic E-state index is 12.0. The molecule has 2 amide bonds. The quantitative estimate of drug-likeness (QED) is 0.759. The van der Waals surface area contributed by atoms with Crippen molar-refractivity contribution < 1.29 is 19.1 Å². The van der Waals surface area contributed by atoms with E-state index >= 15 is 0 Å². The first kappa shape index (κ1) is 20.2. The number of carbonyl (C=O) groups excluding carboxylic acids is 2. The average molecular weight is 354 g/mol. The Morgan fingerprint density at radius 1 is 0.880 bits per heavy atom. The Morgan fingerprint density at radius 3 is 1.92 bits per heavy atom. The molecule has 0 unspecified atom stereocenters. The summed E-state index contributed by atoms with van der Waals surface area (Å²) < 4.78 is 9.83. The summed E-state index contributed by atoms with van der Waals surface area (Å²) in [7, 11) is 5.02. The van der Waals surface area contributed by atoms with Crippen LogP contribution in [0.1, 0.15) is 51.4 Å². The Labute approximate surface area is 151 Å². The Morgan fingerprint density at radius 2 is 1.40 bits per heavy atom. The van der Waals surface area contributed by atoms with E-state index < -0.39 is 0 Å². The normalized spacial score (nSPS) is 29.9. The molecule has 0 aromatic rings. The van der Waals surface area contributed by atoms with Crippen LogP contribution in [0.15, 0.2) is 0 Å². The zero-order valence-corrected chi connectivity index (χ0v) is 16.0. The predicted molar refractivity (Wildman–Crippen MR) is 96.2 cm³/mol. The van der Waals surface area contributed by atoms with E-state index in [0.717, 1.165) is 37.5 Å². The molecule has 0 saturated heterocycles. The number of hydrogen-bond acceptors (Lipinski definition) is 4. The van der Waals surface area contributed by atoms with E-state index in [9.17, 15) is 9.59 Å². The van der Waals surface area contributed by atoms with Crippen LogP contribution in [-0.4, -0.2) is 63.3 Å². The lowest BCUT2D eigenvalue weighted by atomic mass is 9.71. The number of methoxy groups -OCH3 is 2. The molecule has 2 saturated carbocycles. The average Bonchev–Trinajstić information content (AvgIpc) is 2.62. The Balaban J connectivity index is 1.70. The highest BCUT2D eigenvalue weighted by atomic mass is 16.5. The lowest BCUT2D eigenvalue weighted by Crippen LogP contribution is -2.43. The molecular weight excluding hydrogens is 320 g/mol. The van der Waals surface area contributed by atoms with E-state index in [1.807, 2.05) is 11.9 Å². The minimum atomic E-state index is -0.00442. The van der Waals surface area contributed by atoms with Gasteiger partial charge in [-0.3, -0.25) is 9.59 Å². The van der Waals surface area contributed by atoms with Gasteiger partial charge in [-0.2, -0.15) is 0 Å². The Bertz CT molecular complexity index is 427. The highest BCUT2D eigenvalue weighted by Gasteiger charge is 2.33. The van der Waals surface area contributed by atoms with Crippen molar-refractivity contribution in [1.29, 1.82) is 0 Å². The van der Waals surface area contributed by atoms with E-state index in [1.165, 1.54) is 25.7 Å². The van der Waals surface area contributed by atoms with Crippen molar-refractivity contribution >= 4 is 11.8 Å². The Kier molecular flexibility index (Phi) is 8.16. The molecule has 0 bridgehead atoms. The number of rotatable bonds is 7. The Hall–Kier alpha value is -1.14. The molecule has 144 valence electrons. The first-order valence-electron chi connectivity index (χ1n) is 9.58. The van der Waals surface area contributed by atoms with Gasteiger partial charge in [0.1, 0.15) is 13.2 Å². The summed E-state index contributed by atoms with van der Waals surface area (Å²) in [6.45, 7) is 0.328. The number of amides is 2. The number of carbonyl (C=O) groups is 2. The van der Waals surface area contributed by atoms with Gasteiger partial charge in [0.05, 0.1) is 0 Å². The number of nitrogens with one attached hydrogen (secondary N) is 1. The molecule has 0 spiro atoms. The number of ether oxygens (including phenoxy) is 2. The molecule has 0 aromatic heterocycles. The number of likely N-dealkylation sites (N-methyl/N-ethyl adjacent to an activating group) is 1. The minimum Gasteiger partial charge on any atom is -0.375 e. The van der Waals surface area contributed by atoms with Crippen molar-refractivity contribution in [3.63, 3.8) is 0 Å². The maximum Gasteiger partial charge on any atom is 0.248 e. The highest BCUT2D eigenvalue weighted by Crippen LogP contribution is 2.39. The van der Waals surface area contributed by atoms with Crippen molar-refractivity contribution in [2.24, 2.45) is 11.8 Å². The third-order valence-electron chi connectivity index (χ3n) is 6.03. The summed E-state index contributed by atoms with van der Waals surface area (Å²) in [6, 6.07) is 0.677. The van der Waals surface area contributed by atoms with Crippen molar-refractivity contribution in [2.75, 3.05) is 34.5 Å². The summed E-state index contributed by atoms with van der Waals surface area (Å²) in [5.41, 5.74) is 0. The zero-order valence-electron chi connectivity index (χ0n) is 16.0. The van der Waals surface area contributed by atoms with E-state index in [2.05, 4.69) is 5.32 Å². The SMILES string of the molecule is COCC(=O)NC1CCC(C2CCC(N(C)C(=O)COC)CC2)CC1. The fourth-order valence-electron chi connectivity index (χ4n) is 4.52. The zero-order chi connectivity index (χ0) is 18.2. The molecule has 2 aliphatic rings. The molecule has 0 aromatic carbocycles. The third-order valence-corrected chi connectivity index (χ3v) is 6.03. The molecule has 0 radical (unpaired) electrons. The van der Waals surface area contributed by atoms with Gasteiger partial charge in [-0.25, -0.2) is 0 Å². The van der Waals surface area contributed by atoms with Gasteiger partial charge in [0.15, 0.2) is 0 Å². The second kappa shape index (κ2) is 10.1. The first-order valence-corrected chi connectivity index (χ1v) is 9.58. The van der Waals surface area contributed by atoms with Crippen molar-refractivity contribution in [1.82, 2.24) is 10.2 Å². The van der Waals surface area contributed by atoms with Crippen LogP contribution in [0.25, 0.3) is 0 Å². The van der Waals surface area contributed by atoms with Gasteiger partial charge in [0.25, 0.3) is 0 Å². The largest absolute Gasteiger partial charge is 0.375 e. The minimum absolute atomic E-state index is 0.00442. The van der Waals surface area contributed by atoms with Crippen LogP contribution < -0.4 is 5.32 Å². The van der Waals surface area contributed by atoms with Crippen molar-refractivity contribution in [3.05, 3.63) is 0 Å². The van der Waals surface area contributed by atoms with E-state index in [-0.39, 0.29) is 25.0 Å². The molecule has 2 aliphatic carbocycles. The summed E-state index contributed by atoms with van der Waals surface area (Å²) in [4.78, 5) is 25.4. The fraction of sp³-hybridized carbons (Fsp3) is 0.895. The van der Waals surface area contributed by atoms with Crippen LogP contribution in [0.2, 0.25) is 0 Å². The molecule has 0 atom stereocenters. The monoisotopic (exact) mass is 354 g/mol. The van der Waals surface area contributed by atoms with Crippen molar-refractivity contribution in [3.8, 4) is 0 Å². The summed E-state index contributed by atoms with van der Waals surface area (Å²) in [6.07, 6.45) is 9.17. The molecule has 2 rings (SSSR count). The van der Waals surface area contributed by atoms with E-state index in [1.54, 1.807) is 14.2 Å². The van der Waals surface area contributed by atoms with Crippen LogP contribution in [-0.2, 0) is 19.1 Å². The van der Waals surface area contributed by atoms with Gasteiger partial charge in [-0.1, -0.05) is 0 Å². The van der Waals surface area contributed by atoms with Gasteiger partial charge in [-0.15, -0.1) is 0 Å². The number of hydrogen-bond donors (Lipinski definition) is 1. The summed E-state index contributed by atoms with van der Waals surface area (Å²) >= 11 is 0. The number of nitrogens with zero attached hydrogens (tertiary/aromatic N) is 1. The van der Waals surface area contributed by atoms with Crippen LogP contribution in [0.5, 0.6) is 0 Å². The molecule has 1 N–H and O–H groups in total. The molecular formula is C19H34N2O4.